The van der Waals surface area contributed by atoms with Gasteiger partial charge in [0.05, 0.1) is 5.92 Å². The van der Waals surface area contributed by atoms with Crippen molar-refractivity contribution >= 4 is 11.8 Å². The van der Waals surface area contributed by atoms with Crippen molar-refractivity contribution in [2.75, 3.05) is 0 Å². The first-order valence-corrected chi connectivity index (χ1v) is 5.48. The van der Waals surface area contributed by atoms with Gasteiger partial charge in [0.2, 0.25) is 11.8 Å². The van der Waals surface area contributed by atoms with Crippen molar-refractivity contribution < 1.29 is 9.59 Å². The Bertz CT molecular complexity index is 327. The first-order valence-electron chi connectivity index (χ1n) is 5.48. The van der Waals surface area contributed by atoms with Crippen LogP contribution in [0.4, 0.5) is 0 Å². The monoisotopic (exact) mass is 221 g/mol. The van der Waals surface area contributed by atoms with Gasteiger partial charge in [-0.25, -0.2) is 0 Å². The number of imide groups is 1. The van der Waals surface area contributed by atoms with Crippen LogP contribution in [0.25, 0.3) is 0 Å². The predicted octanol–water partition coefficient (Wildman–Crippen LogP) is 2.36. The molecule has 1 heterocycles. The van der Waals surface area contributed by atoms with E-state index in [9.17, 15) is 9.59 Å². The Morgan fingerprint density at radius 1 is 1.44 bits per heavy atom. The standard InChI is InChI=1S/C11H13NO2.C2H6/c1-3-5-8(6-4-2)9-7-10(13)12-11(9)14;1-2/h3-6,9H,1,7H2,2H3,(H,12,13,14);1-2H3/b6-4-,8-5+;. The molecule has 0 bridgehead atoms. The van der Waals surface area contributed by atoms with Gasteiger partial charge in [0.25, 0.3) is 0 Å². The highest BCUT2D eigenvalue weighted by molar-refractivity contribution is 6.05. The summed E-state index contributed by atoms with van der Waals surface area (Å²) in [6.45, 7) is 9.44. The Balaban J connectivity index is 0.00000106. The van der Waals surface area contributed by atoms with E-state index < -0.39 is 0 Å². The molecular formula is C13H19NO2. The highest BCUT2D eigenvalue weighted by atomic mass is 16.2. The number of rotatable bonds is 3. The average Bonchev–Trinajstić information content (AvgIpc) is 2.60. The van der Waals surface area contributed by atoms with Crippen molar-refractivity contribution in [1.29, 1.82) is 0 Å². The Morgan fingerprint density at radius 3 is 2.44 bits per heavy atom. The molecule has 0 spiro atoms. The molecule has 88 valence electrons. The number of hydrogen-bond acceptors (Lipinski definition) is 2. The van der Waals surface area contributed by atoms with E-state index in [-0.39, 0.29) is 24.2 Å². The molecule has 0 aliphatic carbocycles. The molecule has 0 saturated carbocycles. The Hall–Kier alpha value is -1.64. The van der Waals surface area contributed by atoms with Crippen molar-refractivity contribution in [2.45, 2.75) is 27.2 Å². The minimum atomic E-state index is -0.350. The van der Waals surface area contributed by atoms with Crippen molar-refractivity contribution in [3.8, 4) is 0 Å². The number of nitrogens with one attached hydrogen (secondary N) is 1. The van der Waals surface area contributed by atoms with Crippen LogP contribution >= 0.6 is 0 Å². The number of allylic oxidation sites excluding steroid dienone is 4. The van der Waals surface area contributed by atoms with E-state index in [1.54, 1.807) is 12.2 Å². The first kappa shape index (κ1) is 14.4. The molecule has 1 N–H and O–H groups in total. The van der Waals surface area contributed by atoms with Crippen molar-refractivity contribution in [3.05, 3.63) is 36.5 Å². The summed E-state index contributed by atoms with van der Waals surface area (Å²) in [5, 5.41) is 2.28. The van der Waals surface area contributed by atoms with E-state index in [0.717, 1.165) is 5.57 Å². The molecule has 1 saturated heterocycles. The molecule has 1 rings (SSSR count). The van der Waals surface area contributed by atoms with E-state index in [2.05, 4.69) is 11.9 Å². The lowest BCUT2D eigenvalue weighted by Crippen LogP contribution is -2.22. The van der Waals surface area contributed by atoms with E-state index in [0.29, 0.717) is 0 Å². The summed E-state index contributed by atoms with van der Waals surface area (Å²) in [5.41, 5.74) is 0.825. The topological polar surface area (TPSA) is 46.2 Å². The highest BCUT2D eigenvalue weighted by Gasteiger charge is 2.31. The second-order valence-corrected chi connectivity index (χ2v) is 3.07. The summed E-state index contributed by atoms with van der Waals surface area (Å²) in [5.74, 6) is -0.780. The van der Waals surface area contributed by atoms with Gasteiger partial charge in [-0.3, -0.25) is 14.9 Å². The normalized spacial score (nSPS) is 20.4. The molecule has 1 aliphatic rings. The lowest BCUT2D eigenvalue weighted by molar-refractivity contribution is -0.125. The molecule has 16 heavy (non-hydrogen) atoms. The fourth-order valence-corrected chi connectivity index (χ4v) is 1.44. The fourth-order valence-electron chi connectivity index (χ4n) is 1.44. The van der Waals surface area contributed by atoms with Crippen molar-refractivity contribution in [2.24, 2.45) is 5.92 Å². The molecule has 1 unspecified atom stereocenters. The van der Waals surface area contributed by atoms with Gasteiger partial charge >= 0.3 is 0 Å². The zero-order valence-corrected chi connectivity index (χ0v) is 10.1. The fraction of sp³-hybridized carbons (Fsp3) is 0.385. The van der Waals surface area contributed by atoms with Gasteiger partial charge in [0.1, 0.15) is 0 Å². The summed E-state index contributed by atoms with van der Waals surface area (Å²) in [4.78, 5) is 22.3. The second-order valence-electron chi connectivity index (χ2n) is 3.07. The molecule has 0 aromatic carbocycles. The highest BCUT2D eigenvalue weighted by Crippen LogP contribution is 2.21. The zero-order valence-electron chi connectivity index (χ0n) is 10.1. The van der Waals surface area contributed by atoms with Crippen LogP contribution in [0.15, 0.2) is 36.5 Å². The summed E-state index contributed by atoms with van der Waals surface area (Å²) < 4.78 is 0. The molecule has 1 aliphatic heterocycles. The smallest absolute Gasteiger partial charge is 0.234 e. The van der Waals surface area contributed by atoms with Crippen LogP contribution in [0.1, 0.15) is 27.2 Å². The van der Waals surface area contributed by atoms with Gasteiger partial charge in [0.15, 0.2) is 0 Å². The predicted molar refractivity (Wildman–Crippen MR) is 65.7 cm³/mol. The first-order chi connectivity index (χ1) is 7.69. The third kappa shape index (κ3) is 3.85. The van der Waals surface area contributed by atoms with Crippen molar-refractivity contribution in [3.63, 3.8) is 0 Å². The van der Waals surface area contributed by atoms with Gasteiger partial charge < -0.3 is 0 Å². The molecule has 0 aromatic rings. The van der Waals surface area contributed by atoms with E-state index in [4.69, 9.17) is 0 Å². The number of amides is 2. The lowest BCUT2D eigenvalue weighted by atomic mass is 9.96. The second kappa shape index (κ2) is 7.63. The van der Waals surface area contributed by atoms with Crippen LogP contribution in [0.3, 0.4) is 0 Å². The zero-order chi connectivity index (χ0) is 12.6. The van der Waals surface area contributed by atoms with Crippen LogP contribution in [0.5, 0.6) is 0 Å². The number of carbonyl (C=O) groups excluding carboxylic acids is 2. The third-order valence-electron chi connectivity index (χ3n) is 2.04. The molecule has 0 aromatic heterocycles. The summed E-state index contributed by atoms with van der Waals surface area (Å²) in [7, 11) is 0. The van der Waals surface area contributed by atoms with Crippen LogP contribution < -0.4 is 5.32 Å². The third-order valence-corrected chi connectivity index (χ3v) is 2.04. The number of carbonyl (C=O) groups is 2. The SMILES string of the molecule is C=C/C=C(\C=C/C)C1CC(=O)NC1=O.CC. The van der Waals surface area contributed by atoms with E-state index >= 15 is 0 Å². The minimum Gasteiger partial charge on any atom is -0.296 e. The van der Waals surface area contributed by atoms with Gasteiger partial charge in [0, 0.05) is 6.42 Å². The van der Waals surface area contributed by atoms with E-state index in [1.165, 1.54) is 0 Å². The molecule has 0 radical (unpaired) electrons. The quantitative estimate of drug-likeness (QED) is 0.587. The largest absolute Gasteiger partial charge is 0.296 e. The summed E-state index contributed by atoms with van der Waals surface area (Å²) in [6.07, 6.45) is 7.27. The minimum absolute atomic E-state index is 0.209. The molecule has 1 atom stereocenters. The number of hydrogen-bond donors (Lipinski definition) is 1. The maximum atomic E-state index is 11.3. The van der Waals surface area contributed by atoms with Gasteiger partial charge in [-0.05, 0) is 12.5 Å². The molecule has 3 heteroatoms. The van der Waals surface area contributed by atoms with E-state index in [1.807, 2.05) is 32.9 Å². The molecule has 1 fully saturated rings. The Morgan fingerprint density at radius 2 is 2.06 bits per heavy atom. The van der Waals surface area contributed by atoms with Gasteiger partial charge in [-0.15, -0.1) is 0 Å². The Labute approximate surface area is 96.9 Å². The lowest BCUT2D eigenvalue weighted by Gasteiger charge is -2.05. The Kier molecular flexibility index (Phi) is 6.84. The molecular weight excluding hydrogens is 202 g/mol. The summed E-state index contributed by atoms with van der Waals surface area (Å²) >= 11 is 0. The maximum Gasteiger partial charge on any atom is 0.234 e. The molecule has 2 amide bonds. The van der Waals surface area contributed by atoms with Gasteiger partial charge in [-0.2, -0.15) is 0 Å². The average molecular weight is 221 g/mol. The molecule has 3 nitrogen and oxygen atoms in total. The summed E-state index contributed by atoms with van der Waals surface area (Å²) in [6, 6.07) is 0. The van der Waals surface area contributed by atoms with Crippen LogP contribution in [-0.2, 0) is 9.59 Å². The van der Waals surface area contributed by atoms with Crippen LogP contribution in [-0.4, -0.2) is 11.8 Å². The van der Waals surface area contributed by atoms with Crippen LogP contribution in [0.2, 0.25) is 0 Å². The van der Waals surface area contributed by atoms with Crippen molar-refractivity contribution in [1.82, 2.24) is 5.32 Å². The van der Waals surface area contributed by atoms with Gasteiger partial charge in [-0.1, -0.05) is 44.7 Å². The maximum absolute atomic E-state index is 11.3. The van der Waals surface area contributed by atoms with Crippen LogP contribution in [0, 0.1) is 5.92 Å².